The molecule has 2 rings (SSSR count). The molecule has 0 amide bonds. The first-order chi connectivity index (χ1) is 9.51. The molecule has 0 aliphatic heterocycles. The Labute approximate surface area is 119 Å². The Bertz CT molecular complexity index is 656. The molecule has 0 saturated heterocycles. The van der Waals surface area contributed by atoms with E-state index in [1.807, 2.05) is 0 Å². The summed E-state index contributed by atoms with van der Waals surface area (Å²) in [6.07, 6.45) is -0.0566. The summed E-state index contributed by atoms with van der Waals surface area (Å²) in [5, 5.41) is 0.161. The van der Waals surface area contributed by atoms with E-state index in [0.29, 0.717) is 5.56 Å². The number of Topliss-reactive ketones (excluding diaryl/α,β-unsaturated/α-hetero) is 1. The van der Waals surface area contributed by atoms with E-state index in [1.54, 1.807) is 0 Å². The molecule has 0 unspecified atom stereocenters. The summed E-state index contributed by atoms with van der Waals surface area (Å²) >= 11 is 5.87. The highest BCUT2D eigenvalue weighted by molar-refractivity contribution is 6.31. The Hall–Kier alpha value is -1.94. The topological polar surface area (TPSA) is 26.3 Å². The van der Waals surface area contributed by atoms with Crippen molar-refractivity contribution in [1.29, 1.82) is 0 Å². The summed E-state index contributed by atoms with van der Waals surface area (Å²) in [6.45, 7) is 0. The maximum absolute atomic E-state index is 13.2. The average Bonchev–Trinajstić information content (AvgIpc) is 2.41. The Morgan fingerprint density at radius 2 is 1.80 bits per heavy atom. The van der Waals surface area contributed by atoms with Gasteiger partial charge in [-0.2, -0.15) is 0 Å². The summed E-state index contributed by atoms with van der Waals surface area (Å²) in [5.41, 5.74) is 0.609. The molecule has 0 radical (unpaired) electrons. The summed E-state index contributed by atoms with van der Waals surface area (Å²) in [5.74, 6) is -1.07. The summed E-state index contributed by atoms with van der Waals surface area (Å²) in [6, 6.07) is 7.49. The zero-order valence-electron chi connectivity index (χ0n) is 10.6. The second kappa shape index (κ2) is 6.01. The van der Waals surface area contributed by atoms with Gasteiger partial charge in [0.1, 0.15) is 17.4 Å². The lowest BCUT2D eigenvalue weighted by Gasteiger charge is -2.08. The highest BCUT2D eigenvalue weighted by Crippen LogP contribution is 2.24. The van der Waals surface area contributed by atoms with Crippen molar-refractivity contribution in [3.05, 3.63) is 64.2 Å². The molecule has 0 atom stereocenters. The second-order valence-electron chi connectivity index (χ2n) is 4.18. The molecule has 0 saturated carbocycles. The van der Waals surface area contributed by atoms with Crippen molar-refractivity contribution in [2.45, 2.75) is 6.42 Å². The van der Waals surface area contributed by atoms with E-state index in [-0.39, 0.29) is 28.5 Å². The van der Waals surface area contributed by atoms with Gasteiger partial charge in [-0.15, -0.1) is 0 Å². The van der Waals surface area contributed by atoms with Gasteiger partial charge < -0.3 is 4.74 Å². The third-order valence-electron chi connectivity index (χ3n) is 2.83. The third kappa shape index (κ3) is 3.14. The molecule has 20 heavy (non-hydrogen) atoms. The van der Waals surface area contributed by atoms with Crippen molar-refractivity contribution in [1.82, 2.24) is 0 Å². The molecule has 2 nitrogen and oxygen atoms in total. The van der Waals surface area contributed by atoms with Crippen LogP contribution in [-0.2, 0) is 6.42 Å². The molecular formula is C15H11ClF2O2. The van der Waals surface area contributed by atoms with Gasteiger partial charge in [0.05, 0.1) is 12.7 Å². The second-order valence-corrected chi connectivity index (χ2v) is 4.59. The molecule has 0 bridgehead atoms. The highest BCUT2D eigenvalue weighted by Gasteiger charge is 2.15. The van der Waals surface area contributed by atoms with Gasteiger partial charge in [0.2, 0.25) is 0 Å². The zero-order chi connectivity index (χ0) is 14.7. The minimum atomic E-state index is -0.528. The number of methoxy groups -OCH3 is 1. The summed E-state index contributed by atoms with van der Waals surface area (Å²) in [7, 11) is 1.40. The largest absolute Gasteiger partial charge is 0.496 e. The van der Waals surface area contributed by atoms with Crippen LogP contribution in [0.4, 0.5) is 8.78 Å². The van der Waals surface area contributed by atoms with Crippen LogP contribution in [0.3, 0.4) is 0 Å². The molecule has 0 heterocycles. The van der Waals surface area contributed by atoms with E-state index in [9.17, 15) is 13.6 Å². The van der Waals surface area contributed by atoms with Crippen LogP contribution in [0.5, 0.6) is 5.75 Å². The van der Waals surface area contributed by atoms with Crippen molar-refractivity contribution < 1.29 is 18.3 Å². The smallest absolute Gasteiger partial charge is 0.171 e. The first-order valence-electron chi connectivity index (χ1n) is 5.82. The number of ketones is 1. The fourth-order valence-electron chi connectivity index (χ4n) is 1.83. The fourth-order valence-corrected chi connectivity index (χ4v) is 2.07. The molecule has 0 aliphatic rings. The fraction of sp³-hybridized carbons (Fsp3) is 0.133. The molecule has 2 aromatic rings. The van der Waals surface area contributed by atoms with Gasteiger partial charge in [-0.3, -0.25) is 4.79 Å². The SMILES string of the molecule is COc1ccc(F)cc1C(=O)Cc1ccc(F)cc1Cl. The van der Waals surface area contributed by atoms with Crippen molar-refractivity contribution in [3.63, 3.8) is 0 Å². The van der Waals surface area contributed by atoms with Crippen LogP contribution < -0.4 is 4.74 Å². The molecule has 2 aromatic carbocycles. The van der Waals surface area contributed by atoms with Crippen LogP contribution in [0, 0.1) is 11.6 Å². The molecular weight excluding hydrogens is 286 g/mol. The van der Waals surface area contributed by atoms with Crippen LogP contribution >= 0.6 is 11.6 Å². The summed E-state index contributed by atoms with van der Waals surface area (Å²) < 4.78 is 31.2. The number of hydrogen-bond acceptors (Lipinski definition) is 2. The van der Waals surface area contributed by atoms with Crippen molar-refractivity contribution >= 4 is 17.4 Å². The van der Waals surface area contributed by atoms with Crippen LogP contribution in [0.2, 0.25) is 5.02 Å². The molecule has 0 N–H and O–H groups in total. The van der Waals surface area contributed by atoms with E-state index >= 15 is 0 Å². The summed E-state index contributed by atoms with van der Waals surface area (Å²) in [4.78, 5) is 12.2. The van der Waals surface area contributed by atoms with Crippen LogP contribution in [0.25, 0.3) is 0 Å². The van der Waals surface area contributed by atoms with Gasteiger partial charge in [0.25, 0.3) is 0 Å². The maximum atomic E-state index is 13.2. The average molecular weight is 297 g/mol. The van der Waals surface area contributed by atoms with E-state index < -0.39 is 11.6 Å². The molecule has 104 valence electrons. The van der Waals surface area contributed by atoms with Crippen LogP contribution in [0.15, 0.2) is 36.4 Å². The van der Waals surface area contributed by atoms with E-state index in [0.717, 1.165) is 12.1 Å². The first-order valence-corrected chi connectivity index (χ1v) is 6.19. The van der Waals surface area contributed by atoms with E-state index in [1.165, 1.54) is 31.4 Å². The van der Waals surface area contributed by atoms with Crippen LogP contribution in [0.1, 0.15) is 15.9 Å². The third-order valence-corrected chi connectivity index (χ3v) is 3.18. The van der Waals surface area contributed by atoms with E-state index in [4.69, 9.17) is 16.3 Å². The molecule has 0 spiro atoms. The lowest BCUT2D eigenvalue weighted by atomic mass is 10.0. The molecule has 5 heteroatoms. The molecule has 0 aromatic heterocycles. The van der Waals surface area contributed by atoms with Gasteiger partial charge in [-0.1, -0.05) is 17.7 Å². The Kier molecular flexibility index (Phi) is 4.35. The molecule has 0 fully saturated rings. The van der Waals surface area contributed by atoms with Crippen molar-refractivity contribution in [2.24, 2.45) is 0 Å². The number of rotatable bonds is 4. The lowest BCUT2D eigenvalue weighted by molar-refractivity contribution is 0.0989. The van der Waals surface area contributed by atoms with Gasteiger partial charge in [-0.25, -0.2) is 8.78 Å². The Morgan fingerprint density at radius 3 is 2.45 bits per heavy atom. The Morgan fingerprint density at radius 1 is 1.15 bits per heavy atom. The van der Waals surface area contributed by atoms with Gasteiger partial charge in [0, 0.05) is 11.4 Å². The normalized spacial score (nSPS) is 10.4. The number of hydrogen-bond donors (Lipinski definition) is 0. The minimum Gasteiger partial charge on any atom is -0.496 e. The minimum absolute atomic E-state index is 0.0566. The maximum Gasteiger partial charge on any atom is 0.171 e. The van der Waals surface area contributed by atoms with Crippen molar-refractivity contribution in [3.8, 4) is 5.75 Å². The standard InChI is InChI=1S/C15H11ClF2O2/c1-20-15-5-4-10(17)7-12(15)14(19)6-9-2-3-11(18)8-13(9)16/h2-5,7-8H,6H2,1H3. The number of benzene rings is 2. The first kappa shape index (κ1) is 14.5. The quantitative estimate of drug-likeness (QED) is 0.796. The monoisotopic (exact) mass is 296 g/mol. The number of halogens is 3. The lowest BCUT2D eigenvalue weighted by Crippen LogP contribution is -2.07. The highest BCUT2D eigenvalue weighted by atomic mass is 35.5. The predicted molar refractivity (Wildman–Crippen MR) is 72.4 cm³/mol. The van der Waals surface area contributed by atoms with Gasteiger partial charge in [-0.05, 0) is 35.9 Å². The predicted octanol–water partition coefficient (Wildman–Crippen LogP) is 4.05. The van der Waals surface area contributed by atoms with Gasteiger partial charge in [0.15, 0.2) is 5.78 Å². The van der Waals surface area contributed by atoms with Crippen molar-refractivity contribution in [2.75, 3.05) is 7.11 Å². The number of carbonyl (C=O) groups excluding carboxylic acids is 1. The molecule has 0 aliphatic carbocycles. The van der Waals surface area contributed by atoms with Gasteiger partial charge >= 0.3 is 0 Å². The Balaban J connectivity index is 2.30. The number of ether oxygens (including phenoxy) is 1. The zero-order valence-corrected chi connectivity index (χ0v) is 11.4. The number of carbonyl (C=O) groups is 1. The van der Waals surface area contributed by atoms with E-state index in [2.05, 4.69) is 0 Å². The van der Waals surface area contributed by atoms with Crippen LogP contribution in [-0.4, -0.2) is 12.9 Å².